The number of rotatable bonds is 7. The van der Waals surface area contributed by atoms with Gasteiger partial charge in [-0.15, -0.1) is 0 Å². The van der Waals surface area contributed by atoms with Crippen LogP contribution in [0.25, 0.3) is 5.65 Å². The molecule has 1 atom stereocenters. The molecule has 0 aliphatic carbocycles. The fourth-order valence-corrected chi connectivity index (χ4v) is 3.46. The zero-order valence-corrected chi connectivity index (χ0v) is 16.0. The highest BCUT2D eigenvalue weighted by molar-refractivity contribution is 5.93. The number of nitrogens with zero attached hydrogens (tertiary/aromatic N) is 4. The van der Waals surface area contributed by atoms with E-state index in [1.54, 1.807) is 36.2 Å². The van der Waals surface area contributed by atoms with Crippen LogP contribution in [-0.2, 0) is 11.2 Å². The Balaban J connectivity index is 1.50. The summed E-state index contributed by atoms with van der Waals surface area (Å²) in [5.74, 6) is 0.739. The third-order valence-corrected chi connectivity index (χ3v) is 5.02. The van der Waals surface area contributed by atoms with Gasteiger partial charge in [-0.2, -0.15) is 5.10 Å². The lowest BCUT2D eigenvalue weighted by Gasteiger charge is -2.25. The third kappa shape index (κ3) is 4.14. The van der Waals surface area contributed by atoms with Gasteiger partial charge in [0.1, 0.15) is 5.75 Å². The summed E-state index contributed by atoms with van der Waals surface area (Å²) in [4.78, 5) is 19.3. The van der Waals surface area contributed by atoms with Gasteiger partial charge in [0.2, 0.25) is 0 Å². The van der Waals surface area contributed by atoms with Gasteiger partial charge in [0.05, 0.1) is 13.2 Å². The number of hydrogen-bond acceptors (Lipinski definition) is 5. The Bertz CT molecular complexity index is 899. The molecular weight excluding hydrogens is 356 g/mol. The summed E-state index contributed by atoms with van der Waals surface area (Å²) in [6.45, 7) is 1.95. The molecule has 7 nitrogen and oxygen atoms in total. The Morgan fingerprint density at radius 1 is 1.36 bits per heavy atom. The Morgan fingerprint density at radius 3 is 2.93 bits per heavy atom. The van der Waals surface area contributed by atoms with Crippen molar-refractivity contribution < 1.29 is 14.3 Å². The molecule has 1 aromatic carbocycles. The maximum atomic E-state index is 13.2. The number of methoxy groups -OCH3 is 1. The van der Waals surface area contributed by atoms with Crippen molar-refractivity contribution in [3.8, 4) is 5.75 Å². The Labute approximate surface area is 163 Å². The molecule has 1 unspecified atom stereocenters. The van der Waals surface area contributed by atoms with E-state index in [0.717, 1.165) is 37.2 Å². The Kier molecular flexibility index (Phi) is 5.53. The number of aromatic nitrogens is 3. The van der Waals surface area contributed by atoms with Crippen molar-refractivity contribution in [2.75, 3.05) is 26.8 Å². The smallest absolute Gasteiger partial charge is 0.274 e. The minimum atomic E-state index is -0.0884. The van der Waals surface area contributed by atoms with Crippen molar-refractivity contribution in [2.24, 2.45) is 0 Å². The number of benzene rings is 1. The number of amides is 1. The highest BCUT2D eigenvalue weighted by Crippen LogP contribution is 2.17. The van der Waals surface area contributed by atoms with Crippen molar-refractivity contribution in [1.82, 2.24) is 19.5 Å². The molecular formula is C21H24N4O3. The zero-order valence-electron chi connectivity index (χ0n) is 16.0. The van der Waals surface area contributed by atoms with Crippen LogP contribution in [-0.4, -0.2) is 58.3 Å². The Morgan fingerprint density at radius 2 is 2.21 bits per heavy atom. The topological polar surface area (TPSA) is 69.0 Å². The lowest BCUT2D eigenvalue weighted by atomic mass is 10.1. The average Bonchev–Trinajstić information content (AvgIpc) is 3.40. The minimum Gasteiger partial charge on any atom is -0.497 e. The second-order valence-electron chi connectivity index (χ2n) is 6.94. The summed E-state index contributed by atoms with van der Waals surface area (Å²) in [6.07, 6.45) is 6.37. The first-order chi connectivity index (χ1) is 13.7. The summed E-state index contributed by atoms with van der Waals surface area (Å²) < 4.78 is 12.6. The van der Waals surface area contributed by atoms with Crippen molar-refractivity contribution in [3.05, 3.63) is 60.0 Å². The van der Waals surface area contributed by atoms with Crippen LogP contribution in [0, 0.1) is 0 Å². The average molecular weight is 380 g/mol. The van der Waals surface area contributed by atoms with Crippen molar-refractivity contribution in [2.45, 2.75) is 25.4 Å². The summed E-state index contributed by atoms with van der Waals surface area (Å²) in [6, 6.07) is 11.5. The second kappa shape index (κ2) is 8.39. The van der Waals surface area contributed by atoms with Gasteiger partial charge >= 0.3 is 0 Å². The first-order valence-electron chi connectivity index (χ1n) is 9.57. The van der Waals surface area contributed by atoms with E-state index in [4.69, 9.17) is 9.47 Å². The van der Waals surface area contributed by atoms with Gasteiger partial charge in [-0.1, -0.05) is 12.1 Å². The summed E-state index contributed by atoms with van der Waals surface area (Å²) in [7, 11) is 1.65. The van der Waals surface area contributed by atoms with Gasteiger partial charge in [-0.3, -0.25) is 4.79 Å². The van der Waals surface area contributed by atoms with E-state index in [1.165, 1.54) is 0 Å². The van der Waals surface area contributed by atoms with E-state index in [9.17, 15) is 4.79 Å². The van der Waals surface area contributed by atoms with Gasteiger partial charge in [-0.05, 0) is 43.0 Å². The lowest BCUT2D eigenvalue weighted by molar-refractivity contribution is 0.0524. The molecule has 3 aromatic rings. The van der Waals surface area contributed by atoms with E-state index < -0.39 is 0 Å². The molecule has 7 heteroatoms. The maximum absolute atomic E-state index is 13.2. The van der Waals surface area contributed by atoms with E-state index in [-0.39, 0.29) is 12.0 Å². The molecule has 4 rings (SSSR count). The summed E-state index contributed by atoms with van der Waals surface area (Å²) >= 11 is 0. The van der Waals surface area contributed by atoms with Gasteiger partial charge in [0.25, 0.3) is 5.91 Å². The number of fused-ring (bicyclic) bond motifs is 1. The number of carbonyl (C=O) groups excluding carboxylic acids is 1. The molecule has 3 heterocycles. The predicted molar refractivity (Wildman–Crippen MR) is 105 cm³/mol. The molecule has 28 heavy (non-hydrogen) atoms. The van der Waals surface area contributed by atoms with Crippen LogP contribution in [0.4, 0.5) is 0 Å². The normalized spacial score (nSPS) is 16.4. The quantitative estimate of drug-likeness (QED) is 0.630. The molecule has 146 valence electrons. The molecule has 1 aliphatic heterocycles. The van der Waals surface area contributed by atoms with E-state index in [1.807, 2.05) is 29.2 Å². The van der Waals surface area contributed by atoms with Crippen LogP contribution in [0.1, 0.15) is 28.9 Å². The first kappa shape index (κ1) is 18.4. The van der Waals surface area contributed by atoms with Crippen molar-refractivity contribution in [1.29, 1.82) is 0 Å². The Hall–Kier alpha value is -2.93. The summed E-state index contributed by atoms with van der Waals surface area (Å²) in [5, 5.41) is 4.39. The largest absolute Gasteiger partial charge is 0.497 e. The van der Waals surface area contributed by atoms with Gasteiger partial charge in [0, 0.05) is 38.2 Å². The number of ether oxygens (including phenoxy) is 2. The fourth-order valence-electron chi connectivity index (χ4n) is 3.46. The first-order valence-corrected chi connectivity index (χ1v) is 9.57. The van der Waals surface area contributed by atoms with Crippen LogP contribution in [0.3, 0.4) is 0 Å². The van der Waals surface area contributed by atoms with E-state index >= 15 is 0 Å². The zero-order chi connectivity index (χ0) is 19.3. The highest BCUT2D eigenvalue weighted by atomic mass is 16.5. The molecule has 1 aliphatic rings. The molecule has 0 N–H and O–H groups in total. The predicted octanol–water partition coefficient (Wildman–Crippen LogP) is 2.60. The van der Waals surface area contributed by atoms with Gasteiger partial charge in [-0.25, -0.2) is 9.50 Å². The summed E-state index contributed by atoms with van der Waals surface area (Å²) in [5.41, 5.74) is 2.23. The molecule has 1 saturated heterocycles. The molecule has 2 aromatic heterocycles. The lowest BCUT2D eigenvalue weighted by Crippen LogP contribution is -2.39. The molecule has 0 bridgehead atoms. The SMILES string of the molecule is COc1ccc(CCN(CC2CCCO2)C(=O)c2cc3ncccn3n2)cc1. The highest BCUT2D eigenvalue weighted by Gasteiger charge is 2.25. The van der Waals surface area contributed by atoms with Crippen LogP contribution in [0.2, 0.25) is 0 Å². The van der Waals surface area contributed by atoms with Crippen molar-refractivity contribution in [3.63, 3.8) is 0 Å². The minimum absolute atomic E-state index is 0.0884. The van der Waals surface area contributed by atoms with Crippen LogP contribution in [0.15, 0.2) is 48.8 Å². The number of carbonyl (C=O) groups is 1. The standard InChI is InChI=1S/C21H24N4O3/c1-27-17-7-5-16(6-8-17)9-12-24(15-18-4-2-13-28-18)21(26)19-14-20-22-10-3-11-25(20)23-19/h3,5-8,10-11,14,18H,2,4,9,12-13,15H2,1H3. The van der Waals surface area contributed by atoms with E-state index in [2.05, 4.69) is 10.1 Å². The molecule has 1 fully saturated rings. The molecule has 0 spiro atoms. The van der Waals surface area contributed by atoms with E-state index in [0.29, 0.717) is 24.4 Å². The van der Waals surface area contributed by atoms with Crippen LogP contribution >= 0.6 is 0 Å². The fraction of sp³-hybridized carbons (Fsp3) is 0.381. The van der Waals surface area contributed by atoms with Crippen molar-refractivity contribution >= 4 is 11.6 Å². The third-order valence-electron chi connectivity index (χ3n) is 5.02. The van der Waals surface area contributed by atoms with Gasteiger partial charge in [0.15, 0.2) is 11.3 Å². The van der Waals surface area contributed by atoms with Crippen LogP contribution in [0.5, 0.6) is 5.75 Å². The van der Waals surface area contributed by atoms with Crippen LogP contribution < -0.4 is 4.74 Å². The maximum Gasteiger partial charge on any atom is 0.274 e. The molecule has 1 amide bonds. The number of hydrogen-bond donors (Lipinski definition) is 0. The van der Waals surface area contributed by atoms with Gasteiger partial charge < -0.3 is 14.4 Å². The molecule has 0 saturated carbocycles. The molecule has 0 radical (unpaired) electrons. The monoisotopic (exact) mass is 380 g/mol. The second-order valence-corrected chi connectivity index (χ2v) is 6.94.